The summed E-state index contributed by atoms with van der Waals surface area (Å²) >= 11 is 1.58. The lowest BCUT2D eigenvalue weighted by atomic mass is 10.1. The van der Waals surface area contributed by atoms with Gasteiger partial charge in [-0.25, -0.2) is 0 Å². The fourth-order valence-electron chi connectivity index (χ4n) is 1.90. The van der Waals surface area contributed by atoms with E-state index in [4.69, 9.17) is 0 Å². The van der Waals surface area contributed by atoms with E-state index in [2.05, 4.69) is 19.1 Å². The van der Waals surface area contributed by atoms with E-state index in [0.717, 1.165) is 4.90 Å². The van der Waals surface area contributed by atoms with Gasteiger partial charge in [-0.05, 0) is 30.2 Å². The summed E-state index contributed by atoms with van der Waals surface area (Å²) in [6.45, 7) is 2.74. The van der Waals surface area contributed by atoms with Crippen LogP contribution in [-0.4, -0.2) is 23.6 Å². The summed E-state index contributed by atoms with van der Waals surface area (Å²) in [5, 5.41) is 0. The minimum Gasteiger partial charge on any atom is -0.341 e. The summed E-state index contributed by atoms with van der Waals surface area (Å²) in [5.74, 6) is 0.633. The number of carbonyl (C=O) groups is 1. The van der Waals surface area contributed by atoms with E-state index in [1.54, 1.807) is 16.7 Å². The summed E-state index contributed by atoms with van der Waals surface area (Å²) in [6, 6.07) is 18.2. The van der Waals surface area contributed by atoms with Crippen LogP contribution in [-0.2, 0) is 11.3 Å². The molecule has 2 nitrogen and oxygen atoms in total. The topological polar surface area (TPSA) is 20.3 Å². The maximum absolute atomic E-state index is 12.1. The van der Waals surface area contributed by atoms with Crippen molar-refractivity contribution in [2.24, 2.45) is 0 Å². The van der Waals surface area contributed by atoms with Gasteiger partial charge in [-0.15, -0.1) is 11.8 Å². The van der Waals surface area contributed by atoms with Crippen LogP contribution in [0, 0.1) is 6.92 Å². The van der Waals surface area contributed by atoms with Crippen LogP contribution in [0.25, 0.3) is 0 Å². The van der Waals surface area contributed by atoms with E-state index in [-0.39, 0.29) is 5.91 Å². The highest BCUT2D eigenvalue weighted by Gasteiger charge is 2.10. The number of carbonyl (C=O) groups excluding carboxylic acids is 1. The number of thioether (sulfide) groups is 1. The standard InChI is InChI=1S/C17H19NOS/c1-14-8-6-7-9-15(14)12-18(2)17(19)13-20-16-10-4-3-5-11-16/h3-11H,12-13H2,1-2H3. The number of rotatable bonds is 5. The van der Waals surface area contributed by atoms with Crippen molar-refractivity contribution >= 4 is 17.7 Å². The number of hydrogen-bond acceptors (Lipinski definition) is 2. The molecule has 2 aromatic rings. The molecule has 104 valence electrons. The van der Waals surface area contributed by atoms with Gasteiger partial charge >= 0.3 is 0 Å². The van der Waals surface area contributed by atoms with Crippen molar-refractivity contribution in [3.8, 4) is 0 Å². The van der Waals surface area contributed by atoms with Crippen LogP contribution in [0.4, 0.5) is 0 Å². The highest BCUT2D eigenvalue weighted by Crippen LogP contribution is 2.18. The van der Waals surface area contributed by atoms with Gasteiger partial charge in [0.2, 0.25) is 5.91 Å². The summed E-state index contributed by atoms with van der Waals surface area (Å²) in [6.07, 6.45) is 0. The van der Waals surface area contributed by atoms with Crippen molar-refractivity contribution in [1.29, 1.82) is 0 Å². The lowest BCUT2D eigenvalue weighted by Gasteiger charge is -2.18. The highest BCUT2D eigenvalue weighted by molar-refractivity contribution is 8.00. The third-order valence-electron chi connectivity index (χ3n) is 3.20. The Balaban J connectivity index is 1.88. The molecule has 0 fully saturated rings. The third-order valence-corrected chi connectivity index (χ3v) is 4.20. The molecular formula is C17H19NOS. The lowest BCUT2D eigenvalue weighted by Crippen LogP contribution is -2.28. The summed E-state index contributed by atoms with van der Waals surface area (Å²) < 4.78 is 0. The zero-order valence-corrected chi connectivity index (χ0v) is 12.7. The molecule has 2 rings (SSSR count). The molecule has 0 aliphatic carbocycles. The van der Waals surface area contributed by atoms with Crippen molar-refractivity contribution in [3.05, 3.63) is 65.7 Å². The molecule has 0 aliphatic heterocycles. The molecule has 0 bridgehead atoms. The number of benzene rings is 2. The van der Waals surface area contributed by atoms with Crippen molar-refractivity contribution in [1.82, 2.24) is 4.90 Å². The largest absolute Gasteiger partial charge is 0.341 e. The number of amides is 1. The van der Waals surface area contributed by atoms with Gasteiger partial charge in [0.1, 0.15) is 0 Å². The lowest BCUT2D eigenvalue weighted by molar-refractivity contribution is -0.127. The Kier molecular flexibility index (Phi) is 5.24. The van der Waals surface area contributed by atoms with Crippen molar-refractivity contribution in [2.45, 2.75) is 18.4 Å². The van der Waals surface area contributed by atoms with Gasteiger partial charge in [0.25, 0.3) is 0 Å². The first kappa shape index (κ1) is 14.7. The van der Waals surface area contributed by atoms with Gasteiger partial charge < -0.3 is 4.90 Å². The second kappa shape index (κ2) is 7.15. The Morgan fingerprint density at radius 2 is 1.70 bits per heavy atom. The van der Waals surface area contributed by atoms with E-state index in [0.29, 0.717) is 12.3 Å². The molecule has 2 aromatic carbocycles. The minimum absolute atomic E-state index is 0.155. The molecule has 0 saturated carbocycles. The molecular weight excluding hydrogens is 266 g/mol. The molecule has 0 N–H and O–H groups in total. The van der Waals surface area contributed by atoms with Gasteiger partial charge in [-0.3, -0.25) is 4.79 Å². The highest BCUT2D eigenvalue weighted by atomic mass is 32.2. The Hall–Kier alpha value is -1.74. The molecule has 1 amide bonds. The predicted molar refractivity (Wildman–Crippen MR) is 84.8 cm³/mol. The Morgan fingerprint density at radius 1 is 1.05 bits per heavy atom. The molecule has 0 unspecified atom stereocenters. The molecule has 0 aliphatic rings. The quantitative estimate of drug-likeness (QED) is 0.780. The Bertz CT molecular complexity index is 568. The number of aryl methyl sites for hydroxylation is 1. The zero-order valence-electron chi connectivity index (χ0n) is 11.9. The fourth-order valence-corrected chi connectivity index (χ4v) is 2.76. The van der Waals surface area contributed by atoms with Crippen molar-refractivity contribution < 1.29 is 4.79 Å². The van der Waals surface area contributed by atoms with Gasteiger partial charge in [0.05, 0.1) is 5.75 Å². The summed E-state index contributed by atoms with van der Waals surface area (Å²) in [7, 11) is 1.86. The van der Waals surface area contributed by atoms with E-state index >= 15 is 0 Å². The van der Waals surface area contributed by atoms with E-state index < -0.39 is 0 Å². The summed E-state index contributed by atoms with van der Waals surface area (Å²) in [5.41, 5.74) is 2.43. The average molecular weight is 285 g/mol. The van der Waals surface area contributed by atoms with Crippen LogP contribution < -0.4 is 0 Å². The van der Waals surface area contributed by atoms with Gasteiger partial charge in [-0.1, -0.05) is 42.5 Å². The van der Waals surface area contributed by atoms with Crippen LogP contribution >= 0.6 is 11.8 Å². The smallest absolute Gasteiger partial charge is 0.232 e. The van der Waals surface area contributed by atoms with Crippen LogP contribution in [0.15, 0.2) is 59.5 Å². The molecule has 0 saturated heterocycles. The molecule has 0 heterocycles. The van der Waals surface area contributed by atoms with Gasteiger partial charge in [-0.2, -0.15) is 0 Å². The van der Waals surface area contributed by atoms with E-state index in [1.807, 2.05) is 49.5 Å². The minimum atomic E-state index is 0.155. The predicted octanol–water partition coefficient (Wildman–Crippen LogP) is 3.75. The zero-order chi connectivity index (χ0) is 14.4. The molecule has 0 radical (unpaired) electrons. The molecule has 0 spiro atoms. The summed E-state index contributed by atoms with van der Waals surface area (Å²) in [4.78, 5) is 15.1. The fraction of sp³-hybridized carbons (Fsp3) is 0.235. The maximum atomic E-state index is 12.1. The SMILES string of the molecule is Cc1ccccc1CN(C)C(=O)CSc1ccccc1. The van der Waals surface area contributed by atoms with Crippen LogP contribution in [0.3, 0.4) is 0 Å². The van der Waals surface area contributed by atoms with Crippen LogP contribution in [0.1, 0.15) is 11.1 Å². The molecule has 0 aromatic heterocycles. The van der Waals surface area contributed by atoms with E-state index in [9.17, 15) is 4.79 Å². The first-order valence-electron chi connectivity index (χ1n) is 6.63. The average Bonchev–Trinajstić information content (AvgIpc) is 2.48. The Labute approximate surface area is 124 Å². The molecule has 20 heavy (non-hydrogen) atoms. The van der Waals surface area contributed by atoms with Crippen molar-refractivity contribution in [2.75, 3.05) is 12.8 Å². The van der Waals surface area contributed by atoms with Gasteiger partial charge in [0.15, 0.2) is 0 Å². The number of hydrogen-bond donors (Lipinski definition) is 0. The van der Waals surface area contributed by atoms with E-state index in [1.165, 1.54) is 11.1 Å². The number of nitrogens with zero attached hydrogens (tertiary/aromatic N) is 1. The normalized spacial score (nSPS) is 10.3. The van der Waals surface area contributed by atoms with Crippen LogP contribution in [0.5, 0.6) is 0 Å². The monoisotopic (exact) mass is 285 g/mol. The molecule has 3 heteroatoms. The second-order valence-corrected chi connectivity index (χ2v) is 5.83. The van der Waals surface area contributed by atoms with Crippen LogP contribution in [0.2, 0.25) is 0 Å². The Morgan fingerprint density at radius 3 is 2.40 bits per heavy atom. The van der Waals surface area contributed by atoms with Gasteiger partial charge in [0, 0.05) is 18.5 Å². The molecule has 0 atom stereocenters. The van der Waals surface area contributed by atoms with Crippen molar-refractivity contribution in [3.63, 3.8) is 0 Å². The first-order valence-corrected chi connectivity index (χ1v) is 7.61. The first-order chi connectivity index (χ1) is 9.66. The maximum Gasteiger partial charge on any atom is 0.232 e. The second-order valence-electron chi connectivity index (χ2n) is 4.78. The third kappa shape index (κ3) is 4.14.